The van der Waals surface area contributed by atoms with Gasteiger partial charge in [0.1, 0.15) is 16.2 Å². The molecule has 2 unspecified atom stereocenters. The molecule has 0 heterocycles. The van der Waals surface area contributed by atoms with Crippen LogP contribution in [0, 0.1) is 5.92 Å². The maximum Gasteiger partial charge on any atom is 1.00 e. The number of hydrogen-bond acceptors (Lipinski definition) is 5. The second-order valence-electron chi connectivity index (χ2n) is 6.42. The summed E-state index contributed by atoms with van der Waals surface area (Å²) >= 11 is 0. The van der Waals surface area contributed by atoms with E-state index in [2.05, 4.69) is 26.0 Å². The summed E-state index contributed by atoms with van der Waals surface area (Å²) in [5.41, 5.74) is 1.97. The smallest absolute Gasteiger partial charge is 0.744 e. The average molecular weight is 385 g/mol. The zero-order chi connectivity index (χ0) is 18.6. The molecule has 0 N–H and O–H groups in total. The van der Waals surface area contributed by atoms with E-state index in [-0.39, 0.29) is 46.6 Å². The molecule has 0 bridgehead atoms. The third kappa shape index (κ3) is 6.16. The fraction of sp³-hybridized carbons (Fsp3) is 0.368. The molecule has 0 spiro atoms. The Bertz CT molecular complexity index is 779. The van der Waals surface area contributed by atoms with Crippen LogP contribution in [0.3, 0.4) is 0 Å². The van der Waals surface area contributed by atoms with Crippen molar-refractivity contribution in [1.29, 1.82) is 0 Å². The molecule has 0 fully saturated rings. The Morgan fingerprint density at radius 1 is 0.923 bits per heavy atom. The van der Waals surface area contributed by atoms with Gasteiger partial charge in [-0.25, -0.2) is 8.42 Å². The van der Waals surface area contributed by atoms with Gasteiger partial charge in [0.05, 0.1) is 10.9 Å². The fourth-order valence-corrected chi connectivity index (χ4v) is 3.42. The van der Waals surface area contributed by atoms with Crippen molar-refractivity contribution in [1.82, 2.24) is 5.06 Å². The van der Waals surface area contributed by atoms with Crippen molar-refractivity contribution in [2.75, 3.05) is 7.05 Å². The molecule has 2 atom stereocenters. The first-order valence-corrected chi connectivity index (χ1v) is 9.61. The Hall–Kier alpha value is -0.730. The Morgan fingerprint density at radius 2 is 1.46 bits per heavy atom. The topological polar surface area (TPSA) is 69.7 Å². The van der Waals surface area contributed by atoms with Crippen LogP contribution >= 0.6 is 0 Å². The largest absolute Gasteiger partial charge is 1.00 e. The predicted octanol–water partition coefficient (Wildman–Crippen LogP) is 0.916. The number of nitrogens with zero attached hydrogens (tertiary/aromatic N) is 1. The van der Waals surface area contributed by atoms with Gasteiger partial charge in [0.15, 0.2) is 0 Å². The molecule has 0 radical (unpaired) electrons. The minimum Gasteiger partial charge on any atom is -0.744 e. The van der Waals surface area contributed by atoms with E-state index in [4.69, 9.17) is 4.84 Å². The third-order valence-corrected chi connectivity index (χ3v) is 4.98. The van der Waals surface area contributed by atoms with E-state index < -0.39 is 10.1 Å². The van der Waals surface area contributed by atoms with E-state index >= 15 is 0 Å². The molecule has 0 aliphatic carbocycles. The summed E-state index contributed by atoms with van der Waals surface area (Å²) in [7, 11) is -2.54. The number of hydroxylamine groups is 2. The summed E-state index contributed by atoms with van der Waals surface area (Å²) in [5, 5.41) is 1.84. The molecular formula is C19H24NNaO4S. The molecular weight excluding hydrogens is 361 g/mol. The van der Waals surface area contributed by atoms with Crippen LogP contribution < -0.4 is 29.6 Å². The van der Waals surface area contributed by atoms with E-state index in [1.165, 1.54) is 17.7 Å². The molecule has 136 valence electrons. The van der Waals surface area contributed by atoms with Crippen LogP contribution in [0.25, 0.3) is 0 Å². The maximum absolute atomic E-state index is 11.0. The number of hydrogen-bond donors (Lipinski definition) is 0. The first-order valence-electron chi connectivity index (χ1n) is 8.20. The summed E-state index contributed by atoms with van der Waals surface area (Å²) in [5.74, 6) is 0.340. The van der Waals surface area contributed by atoms with Crippen LogP contribution in [0.15, 0.2) is 59.5 Å². The van der Waals surface area contributed by atoms with Crippen LogP contribution in [0.2, 0.25) is 0 Å². The van der Waals surface area contributed by atoms with Gasteiger partial charge < -0.3 is 4.55 Å². The molecule has 0 aromatic heterocycles. The average Bonchev–Trinajstić information content (AvgIpc) is 2.55. The predicted molar refractivity (Wildman–Crippen MR) is 95.7 cm³/mol. The molecule has 0 amide bonds. The minimum atomic E-state index is -4.43. The van der Waals surface area contributed by atoms with Crippen molar-refractivity contribution in [3.05, 3.63) is 65.7 Å². The minimum absolute atomic E-state index is 0. The molecule has 0 saturated carbocycles. The summed E-state index contributed by atoms with van der Waals surface area (Å²) in [4.78, 5) is 5.81. The Kier molecular flexibility index (Phi) is 8.96. The van der Waals surface area contributed by atoms with Crippen molar-refractivity contribution in [2.24, 2.45) is 5.92 Å². The van der Waals surface area contributed by atoms with E-state index in [1.54, 1.807) is 12.1 Å². The number of rotatable bonds is 7. The second-order valence-corrected chi connectivity index (χ2v) is 7.80. The molecule has 7 heteroatoms. The van der Waals surface area contributed by atoms with Crippen molar-refractivity contribution < 1.29 is 47.4 Å². The number of benzene rings is 2. The zero-order valence-corrected chi connectivity index (χ0v) is 18.7. The van der Waals surface area contributed by atoms with E-state index in [0.717, 1.165) is 5.56 Å². The van der Waals surface area contributed by atoms with Crippen LogP contribution in [0.1, 0.15) is 44.0 Å². The molecule has 0 aliphatic rings. The van der Waals surface area contributed by atoms with Crippen LogP contribution in [-0.4, -0.2) is 25.1 Å². The Morgan fingerprint density at radius 3 is 1.92 bits per heavy atom. The van der Waals surface area contributed by atoms with Gasteiger partial charge in [-0.3, -0.25) is 4.84 Å². The van der Waals surface area contributed by atoms with Crippen LogP contribution in [0.4, 0.5) is 0 Å². The maximum atomic E-state index is 11.0. The van der Waals surface area contributed by atoms with Gasteiger partial charge in [-0.2, -0.15) is 5.06 Å². The molecule has 5 nitrogen and oxygen atoms in total. The van der Waals surface area contributed by atoms with Crippen molar-refractivity contribution in [2.45, 2.75) is 37.8 Å². The van der Waals surface area contributed by atoms with Crippen LogP contribution in [0.5, 0.6) is 0 Å². The summed E-state index contributed by atoms with van der Waals surface area (Å²) in [6.45, 7) is 6.16. The molecule has 2 aromatic rings. The fourth-order valence-electron chi connectivity index (χ4n) is 2.95. The molecule has 2 aromatic carbocycles. The van der Waals surface area contributed by atoms with Crippen molar-refractivity contribution in [3.63, 3.8) is 0 Å². The van der Waals surface area contributed by atoms with Gasteiger partial charge >= 0.3 is 29.6 Å². The summed E-state index contributed by atoms with van der Waals surface area (Å²) in [6, 6.07) is 16.1. The normalized spacial score (nSPS) is 14.1. The van der Waals surface area contributed by atoms with E-state index in [0.29, 0.717) is 5.92 Å². The standard InChI is InChI=1S/C19H25NO4S.Na/c1-14(2)19(17-8-6-5-7-9-17)20(4)24-15(3)16-10-12-18(13-11-16)25(21,22)23;/h5-15,19H,1-4H3,(H,21,22,23);/q;+1/p-1. The zero-order valence-electron chi connectivity index (χ0n) is 15.9. The first kappa shape index (κ1) is 23.3. The Balaban J connectivity index is 0.00000338. The van der Waals surface area contributed by atoms with Gasteiger partial charge in [0, 0.05) is 7.05 Å². The van der Waals surface area contributed by atoms with Crippen molar-refractivity contribution in [3.8, 4) is 0 Å². The second kappa shape index (κ2) is 9.99. The van der Waals surface area contributed by atoms with E-state index in [1.807, 2.05) is 37.2 Å². The van der Waals surface area contributed by atoms with Gasteiger partial charge in [0.2, 0.25) is 0 Å². The first-order chi connectivity index (χ1) is 11.7. The molecule has 0 aliphatic heterocycles. The molecule has 0 saturated heterocycles. The van der Waals surface area contributed by atoms with Crippen LogP contribution in [-0.2, 0) is 15.0 Å². The van der Waals surface area contributed by atoms with Gasteiger partial charge in [0.25, 0.3) is 0 Å². The SMILES string of the molecule is CC(ON(C)C(c1ccccc1)C(C)C)c1ccc(S(=O)(=O)[O-])cc1.[Na+]. The summed E-state index contributed by atoms with van der Waals surface area (Å²) < 4.78 is 33.1. The molecule has 26 heavy (non-hydrogen) atoms. The quantitative estimate of drug-likeness (QED) is 0.403. The Labute approximate surface area is 178 Å². The summed E-state index contributed by atoms with van der Waals surface area (Å²) in [6.07, 6.45) is -0.279. The van der Waals surface area contributed by atoms with Gasteiger partial charge in [-0.15, -0.1) is 0 Å². The molecule has 2 rings (SSSR count). The van der Waals surface area contributed by atoms with E-state index in [9.17, 15) is 13.0 Å². The van der Waals surface area contributed by atoms with Gasteiger partial charge in [-0.1, -0.05) is 56.3 Å². The van der Waals surface area contributed by atoms with Gasteiger partial charge in [-0.05, 0) is 36.1 Å². The van der Waals surface area contributed by atoms with Crippen molar-refractivity contribution >= 4 is 10.1 Å². The monoisotopic (exact) mass is 385 g/mol. The third-order valence-electron chi connectivity index (χ3n) is 4.13.